The van der Waals surface area contributed by atoms with E-state index in [0.29, 0.717) is 53.7 Å². The third-order valence-corrected chi connectivity index (χ3v) is 13.3. The second kappa shape index (κ2) is 10.8. The van der Waals surface area contributed by atoms with Crippen LogP contribution >= 0.6 is 0 Å². The van der Waals surface area contributed by atoms with Gasteiger partial charge in [0.1, 0.15) is 11.8 Å². The lowest BCUT2D eigenvalue weighted by molar-refractivity contribution is 0.246. The Morgan fingerprint density at radius 3 is 2.02 bits per heavy atom. The van der Waals surface area contributed by atoms with Gasteiger partial charge in [0.15, 0.2) is 9.84 Å². The van der Waals surface area contributed by atoms with E-state index in [4.69, 9.17) is 0 Å². The highest BCUT2D eigenvalue weighted by molar-refractivity contribution is 7.92. The maximum Gasteiger partial charge on any atom is 0.243 e. The molecule has 3 aromatic carbocycles. The molecule has 0 unspecified atom stereocenters. The van der Waals surface area contributed by atoms with Crippen LogP contribution in [0.2, 0.25) is 0 Å². The number of nitriles is 1. The molecule has 6 rings (SSSR count). The van der Waals surface area contributed by atoms with E-state index in [9.17, 15) is 27.3 Å². The number of nitrogens with zero attached hydrogens (tertiary/aromatic N) is 4. The molecule has 2 fully saturated rings. The molecule has 9 nitrogen and oxygen atoms in total. The van der Waals surface area contributed by atoms with Gasteiger partial charge in [-0.3, -0.25) is 0 Å². The maximum atomic E-state index is 13.7. The van der Waals surface area contributed by atoms with Crippen molar-refractivity contribution in [1.82, 2.24) is 4.31 Å². The van der Waals surface area contributed by atoms with E-state index in [1.165, 1.54) is 10.4 Å². The number of oxime groups is 1. The van der Waals surface area contributed by atoms with Gasteiger partial charge >= 0.3 is 0 Å². The van der Waals surface area contributed by atoms with E-state index in [1.807, 2.05) is 17.0 Å². The van der Waals surface area contributed by atoms with Gasteiger partial charge in [-0.1, -0.05) is 43.3 Å². The van der Waals surface area contributed by atoms with Gasteiger partial charge < -0.3 is 10.1 Å². The van der Waals surface area contributed by atoms with E-state index in [1.54, 1.807) is 42.5 Å². The molecule has 1 heterocycles. The Kier molecular flexibility index (Phi) is 7.35. The fourth-order valence-corrected chi connectivity index (χ4v) is 9.77. The minimum absolute atomic E-state index is 0.0729. The standard InChI is InChI=1S/C32H34N4O5S2/c1-32(2)13-11-23(12-14-32)42(38,39)24-7-9-26-27-10-8-25(20-29(27)31(34-37)28(26)19-24)43(40,41)36-17-15-35(16-18-36)30-6-4-3-5-22(30)21-33/h3-10,19-20,23,37H,11-18H2,1-2H3/b34-31-. The van der Waals surface area contributed by atoms with Crippen LogP contribution < -0.4 is 4.90 Å². The first-order chi connectivity index (χ1) is 20.5. The highest BCUT2D eigenvalue weighted by Crippen LogP contribution is 2.42. The summed E-state index contributed by atoms with van der Waals surface area (Å²) >= 11 is 0. The number of benzene rings is 3. The largest absolute Gasteiger partial charge is 0.410 e. The summed E-state index contributed by atoms with van der Waals surface area (Å²) in [5.41, 5.74) is 3.91. The summed E-state index contributed by atoms with van der Waals surface area (Å²) in [4.78, 5) is 2.28. The molecule has 1 saturated heterocycles. The van der Waals surface area contributed by atoms with Crippen molar-refractivity contribution >= 4 is 31.3 Å². The van der Waals surface area contributed by atoms with Gasteiger partial charge in [-0.05, 0) is 78.6 Å². The quantitative estimate of drug-likeness (QED) is 0.246. The van der Waals surface area contributed by atoms with Gasteiger partial charge in [0.05, 0.1) is 26.3 Å². The lowest BCUT2D eigenvalue weighted by Gasteiger charge is -2.35. The Labute approximate surface area is 253 Å². The summed E-state index contributed by atoms with van der Waals surface area (Å²) in [6, 6.07) is 19.1. The zero-order valence-electron chi connectivity index (χ0n) is 24.2. The van der Waals surface area contributed by atoms with E-state index in [2.05, 4.69) is 25.1 Å². The average Bonchev–Trinajstić information content (AvgIpc) is 3.33. The minimum atomic E-state index is -3.87. The van der Waals surface area contributed by atoms with Gasteiger partial charge in [0, 0.05) is 37.3 Å². The highest BCUT2D eigenvalue weighted by Gasteiger charge is 2.37. The lowest BCUT2D eigenvalue weighted by Crippen LogP contribution is -2.48. The molecule has 2 aliphatic carbocycles. The van der Waals surface area contributed by atoms with Crippen LogP contribution in [0.25, 0.3) is 11.1 Å². The van der Waals surface area contributed by atoms with Gasteiger partial charge in [0.2, 0.25) is 10.0 Å². The summed E-state index contributed by atoms with van der Waals surface area (Å²) in [6.07, 6.45) is 2.90. The molecule has 3 aromatic rings. The third-order valence-electron chi connectivity index (χ3n) is 9.18. The number of sulfonamides is 1. The summed E-state index contributed by atoms with van der Waals surface area (Å²) in [6.45, 7) is 5.70. The van der Waals surface area contributed by atoms with Crippen LogP contribution in [-0.4, -0.2) is 63.5 Å². The number of anilines is 1. The van der Waals surface area contributed by atoms with Crippen LogP contribution in [-0.2, 0) is 19.9 Å². The molecule has 0 amide bonds. The van der Waals surface area contributed by atoms with Crippen LogP contribution in [0.4, 0.5) is 5.69 Å². The number of hydrogen-bond acceptors (Lipinski definition) is 8. The second-order valence-electron chi connectivity index (χ2n) is 12.3. The number of para-hydroxylation sites is 1. The topological polar surface area (TPSA) is 131 Å². The van der Waals surface area contributed by atoms with Gasteiger partial charge in [-0.15, -0.1) is 0 Å². The Balaban J connectivity index is 1.25. The van der Waals surface area contributed by atoms with Crippen molar-refractivity contribution in [3.63, 3.8) is 0 Å². The number of sulfone groups is 1. The first kappa shape index (κ1) is 29.4. The van der Waals surface area contributed by atoms with Crippen molar-refractivity contribution < 1.29 is 22.0 Å². The van der Waals surface area contributed by atoms with Crippen molar-refractivity contribution in [3.05, 3.63) is 77.4 Å². The molecule has 1 saturated carbocycles. The summed E-state index contributed by atoms with van der Waals surface area (Å²) < 4.78 is 56.0. The predicted octanol–water partition coefficient (Wildman–Crippen LogP) is 5.02. The molecule has 0 spiro atoms. The molecule has 0 aromatic heterocycles. The fraction of sp³-hybridized carbons (Fsp3) is 0.375. The minimum Gasteiger partial charge on any atom is -0.410 e. The van der Waals surface area contributed by atoms with Crippen molar-refractivity contribution in [2.75, 3.05) is 31.1 Å². The maximum absolute atomic E-state index is 13.7. The molecular weight excluding hydrogens is 585 g/mol. The molecule has 43 heavy (non-hydrogen) atoms. The van der Waals surface area contributed by atoms with Crippen LogP contribution in [0.3, 0.4) is 0 Å². The summed E-state index contributed by atoms with van der Waals surface area (Å²) in [7, 11) is -7.46. The Morgan fingerprint density at radius 1 is 0.837 bits per heavy atom. The Hall–Kier alpha value is -3.72. The number of hydrogen-bond donors (Lipinski definition) is 1. The number of piperazine rings is 1. The SMILES string of the molecule is CC1(C)CCC(S(=O)(=O)c2ccc3c(c2)/C(=N/O)c2cc(S(=O)(=O)N4CCN(c5ccccc5C#N)CC4)ccc2-3)CC1. The van der Waals surface area contributed by atoms with Gasteiger partial charge in [0.25, 0.3) is 0 Å². The Bertz CT molecular complexity index is 1880. The van der Waals surface area contributed by atoms with Gasteiger partial charge in [-0.2, -0.15) is 9.57 Å². The molecule has 0 atom stereocenters. The molecule has 0 radical (unpaired) electrons. The molecule has 11 heteroatoms. The molecule has 224 valence electrons. The molecule has 1 aliphatic heterocycles. The van der Waals surface area contributed by atoms with Crippen LogP contribution in [0, 0.1) is 16.7 Å². The smallest absolute Gasteiger partial charge is 0.243 e. The Morgan fingerprint density at radius 2 is 1.42 bits per heavy atom. The molecule has 1 N–H and O–H groups in total. The van der Waals surface area contributed by atoms with Crippen LogP contribution in [0.1, 0.15) is 56.2 Å². The summed E-state index contributed by atoms with van der Waals surface area (Å²) in [5, 5.41) is 22.5. The summed E-state index contributed by atoms with van der Waals surface area (Å²) in [5.74, 6) is 0. The van der Waals surface area contributed by atoms with Crippen molar-refractivity contribution in [3.8, 4) is 17.2 Å². The molecular formula is C32H34N4O5S2. The van der Waals surface area contributed by atoms with Crippen LogP contribution in [0.15, 0.2) is 75.6 Å². The fourth-order valence-electron chi connectivity index (χ4n) is 6.54. The first-order valence-electron chi connectivity index (χ1n) is 14.5. The monoisotopic (exact) mass is 618 g/mol. The van der Waals surface area contributed by atoms with E-state index < -0.39 is 25.1 Å². The predicted molar refractivity (Wildman–Crippen MR) is 165 cm³/mol. The lowest BCUT2D eigenvalue weighted by atomic mass is 9.77. The second-order valence-corrected chi connectivity index (χ2v) is 16.5. The first-order valence-corrected chi connectivity index (χ1v) is 17.4. The molecule has 3 aliphatic rings. The highest BCUT2D eigenvalue weighted by atomic mass is 32.2. The van der Waals surface area contributed by atoms with E-state index in [0.717, 1.165) is 18.5 Å². The zero-order chi connectivity index (χ0) is 30.6. The number of rotatable bonds is 5. The zero-order valence-corrected chi connectivity index (χ0v) is 25.8. The number of fused-ring (bicyclic) bond motifs is 3. The van der Waals surface area contributed by atoms with Crippen molar-refractivity contribution in [2.24, 2.45) is 10.6 Å². The van der Waals surface area contributed by atoms with Crippen molar-refractivity contribution in [1.29, 1.82) is 5.26 Å². The normalized spacial score (nSPS) is 20.0. The van der Waals surface area contributed by atoms with Crippen LogP contribution in [0.5, 0.6) is 0 Å². The average molecular weight is 619 g/mol. The molecule has 0 bridgehead atoms. The van der Waals surface area contributed by atoms with Crippen molar-refractivity contribution in [2.45, 2.75) is 54.6 Å². The third kappa shape index (κ3) is 5.11. The van der Waals surface area contributed by atoms with E-state index >= 15 is 0 Å². The van der Waals surface area contributed by atoms with E-state index in [-0.39, 0.29) is 34.0 Å². The van der Waals surface area contributed by atoms with Gasteiger partial charge in [-0.25, -0.2) is 16.8 Å².